The molecule has 120 valence electrons. The molecule has 0 spiro atoms. The second-order valence-corrected chi connectivity index (χ2v) is 6.43. The number of carboxylic acids is 1. The molecule has 1 aliphatic heterocycles. The maximum atomic E-state index is 12.5. The van der Waals surface area contributed by atoms with Gasteiger partial charge in [0, 0.05) is 12.6 Å². The van der Waals surface area contributed by atoms with Crippen molar-refractivity contribution in [3.63, 3.8) is 0 Å². The monoisotopic (exact) mass is 296 g/mol. The zero-order chi connectivity index (χ0) is 15.2. The molecule has 5 nitrogen and oxygen atoms in total. The van der Waals surface area contributed by atoms with E-state index in [9.17, 15) is 14.7 Å². The third-order valence-electron chi connectivity index (χ3n) is 4.95. The highest BCUT2D eigenvalue weighted by Gasteiger charge is 2.36. The number of hydrogen-bond donors (Lipinski definition) is 2. The number of hydrogen-bond acceptors (Lipinski definition) is 2. The first kappa shape index (κ1) is 16.1. The third kappa shape index (κ3) is 4.11. The Labute approximate surface area is 127 Å². The van der Waals surface area contributed by atoms with E-state index in [1.54, 1.807) is 0 Å². The molecule has 0 unspecified atom stereocenters. The van der Waals surface area contributed by atoms with Crippen LogP contribution in [-0.2, 0) is 4.79 Å². The summed E-state index contributed by atoms with van der Waals surface area (Å²) in [6.07, 6.45) is 9.27. The molecule has 0 aromatic carbocycles. The molecule has 2 amide bonds. The van der Waals surface area contributed by atoms with Crippen LogP contribution in [-0.4, -0.2) is 40.6 Å². The molecule has 2 aliphatic rings. The van der Waals surface area contributed by atoms with Gasteiger partial charge >= 0.3 is 12.0 Å². The van der Waals surface area contributed by atoms with E-state index in [2.05, 4.69) is 5.32 Å². The minimum atomic E-state index is -0.922. The van der Waals surface area contributed by atoms with Crippen molar-refractivity contribution in [1.29, 1.82) is 0 Å². The lowest BCUT2D eigenvalue weighted by atomic mass is 9.78. The number of nitrogens with zero attached hydrogens (tertiary/aromatic N) is 1. The fourth-order valence-electron chi connectivity index (χ4n) is 3.77. The standard InChI is InChI=1S/C16H28N2O3/c1-2-3-9-13(15(19)20)17-16(21)18-11-6-8-12-7-4-5-10-14(12)18/h12-14H,2-11H2,1H3,(H,17,21)(H,19,20)/t12-,13+,14-/m1/s1. The lowest BCUT2D eigenvalue weighted by Crippen LogP contribution is -2.55. The van der Waals surface area contributed by atoms with Crippen molar-refractivity contribution in [3.8, 4) is 0 Å². The van der Waals surface area contributed by atoms with Crippen LogP contribution < -0.4 is 5.32 Å². The molecule has 0 bridgehead atoms. The summed E-state index contributed by atoms with van der Waals surface area (Å²) in [5.41, 5.74) is 0. The molecule has 0 aromatic rings. The Bertz CT molecular complexity index is 371. The topological polar surface area (TPSA) is 69.6 Å². The van der Waals surface area contributed by atoms with Crippen molar-refractivity contribution in [2.45, 2.75) is 76.8 Å². The molecule has 1 aliphatic carbocycles. The SMILES string of the molecule is CCCC[C@H](NC(=O)N1CCC[C@H]2CCCC[C@H]21)C(=O)O. The van der Waals surface area contributed by atoms with Crippen LogP contribution in [0.2, 0.25) is 0 Å². The Kier molecular flexibility index (Phi) is 5.88. The van der Waals surface area contributed by atoms with Gasteiger partial charge in [-0.1, -0.05) is 32.6 Å². The highest BCUT2D eigenvalue weighted by atomic mass is 16.4. The number of carboxylic acid groups (broad SMARTS) is 1. The largest absolute Gasteiger partial charge is 0.480 e. The number of carbonyl (C=O) groups excluding carboxylic acids is 1. The molecular weight excluding hydrogens is 268 g/mol. The van der Waals surface area contributed by atoms with Gasteiger partial charge in [-0.2, -0.15) is 0 Å². The lowest BCUT2D eigenvalue weighted by molar-refractivity contribution is -0.139. The fraction of sp³-hybridized carbons (Fsp3) is 0.875. The molecule has 0 radical (unpaired) electrons. The number of piperidine rings is 1. The molecule has 1 saturated heterocycles. The zero-order valence-electron chi connectivity index (χ0n) is 13.0. The van der Waals surface area contributed by atoms with E-state index in [0.717, 1.165) is 32.2 Å². The Morgan fingerprint density at radius 1 is 1.24 bits per heavy atom. The highest BCUT2D eigenvalue weighted by Crippen LogP contribution is 2.35. The predicted octanol–water partition coefficient (Wildman–Crippen LogP) is 2.99. The van der Waals surface area contributed by atoms with Gasteiger partial charge in [-0.3, -0.25) is 0 Å². The molecule has 3 atom stereocenters. The number of fused-ring (bicyclic) bond motifs is 1. The van der Waals surface area contributed by atoms with Crippen LogP contribution in [0.25, 0.3) is 0 Å². The average Bonchev–Trinajstić information content (AvgIpc) is 2.50. The summed E-state index contributed by atoms with van der Waals surface area (Å²) in [5, 5.41) is 12.0. The summed E-state index contributed by atoms with van der Waals surface area (Å²) in [7, 11) is 0. The molecule has 2 fully saturated rings. The van der Waals surface area contributed by atoms with E-state index in [0.29, 0.717) is 18.4 Å². The maximum Gasteiger partial charge on any atom is 0.326 e. The Hall–Kier alpha value is -1.26. The van der Waals surface area contributed by atoms with E-state index < -0.39 is 12.0 Å². The lowest BCUT2D eigenvalue weighted by Gasteiger charge is -2.44. The van der Waals surface area contributed by atoms with Crippen LogP contribution in [0.1, 0.15) is 64.7 Å². The van der Waals surface area contributed by atoms with Crippen LogP contribution >= 0.6 is 0 Å². The van der Waals surface area contributed by atoms with Crippen molar-refractivity contribution >= 4 is 12.0 Å². The number of likely N-dealkylation sites (tertiary alicyclic amines) is 1. The van der Waals surface area contributed by atoms with Gasteiger partial charge in [-0.15, -0.1) is 0 Å². The molecule has 2 rings (SSSR count). The first-order valence-electron chi connectivity index (χ1n) is 8.43. The van der Waals surface area contributed by atoms with Crippen molar-refractivity contribution < 1.29 is 14.7 Å². The Balaban J connectivity index is 1.95. The minimum Gasteiger partial charge on any atom is -0.480 e. The van der Waals surface area contributed by atoms with Gasteiger partial charge in [0.05, 0.1) is 0 Å². The molecule has 5 heteroatoms. The highest BCUT2D eigenvalue weighted by molar-refractivity contribution is 5.82. The van der Waals surface area contributed by atoms with Crippen LogP contribution in [0.5, 0.6) is 0 Å². The van der Waals surface area contributed by atoms with E-state index in [1.807, 2.05) is 11.8 Å². The zero-order valence-corrected chi connectivity index (χ0v) is 13.0. The summed E-state index contributed by atoms with van der Waals surface area (Å²) in [4.78, 5) is 25.7. The number of rotatable bonds is 5. The number of carbonyl (C=O) groups is 2. The first-order valence-corrected chi connectivity index (χ1v) is 8.43. The van der Waals surface area contributed by atoms with E-state index >= 15 is 0 Å². The smallest absolute Gasteiger partial charge is 0.326 e. The number of urea groups is 1. The van der Waals surface area contributed by atoms with Crippen molar-refractivity contribution in [2.24, 2.45) is 5.92 Å². The molecular formula is C16H28N2O3. The Morgan fingerprint density at radius 3 is 2.67 bits per heavy atom. The van der Waals surface area contributed by atoms with Crippen LogP contribution in [0, 0.1) is 5.92 Å². The molecule has 21 heavy (non-hydrogen) atoms. The quantitative estimate of drug-likeness (QED) is 0.819. The predicted molar refractivity (Wildman–Crippen MR) is 81.2 cm³/mol. The molecule has 1 heterocycles. The number of amides is 2. The van der Waals surface area contributed by atoms with E-state index in [1.165, 1.54) is 25.7 Å². The van der Waals surface area contributed by atoms with Crippen LogP contribution in [0.4, 0.5) is 4.79 Å². The van der Waals surface area contributed by atoms with Crippen LogP contribution in [0.15, 0.2) is 0 Å². The van der Waals surface area contributed by atoms with Crippen molar-refractivity contribution in [1.82, 2.24) is 10.2 Å². The summed E-state index contributed by atoms with van der Waals surface area (Å²) >= 11 is 0. The van der Waals surface area contributed by atoms with E-state index in [-0.39, 0.29) is 6.03 Å². The van der Waals surface area contributed by atoms with Gasteiger partial charge in [-0.05, 0) is 38.0 Å². The summed E-state index contributed by atoms with van der Waals surface area (Å²) in [6.45, 7) is 2.80. The summed E-state index contributed by atoms with van der Waals surface area (Å²) in [6, 6.07) is -0.593. The first-order chi connectivity index (χ1) is 10.1. The van der Waals surface area contributed by atoms with Gasteiger partial charge < -0.3 is 15.3 Å². The van der Waals surface area contributed by atoms with Gasteiger partial charge in [0.1, 0.15) is 6.04 Å². The third-order valence-corrected chi connectivity index (χ3v) is 4.95. The average molecular weight is 296 g/mol. The van der Waals surface area contributed by atoms with Crippen LogP contribution in [0.3, 0.4) is 0 Å². The number of nitrogens with one attached hydrogen (secondary N) is 1. The normalized spacial score (nSPS) is 26.8. The molecule has 2 N–H and O–H groups in total. The molecule has 0 aromatic heterocycles. The fourth-order valence-corrected chi connectivity index (χ4v) is 3.77. The summed E-state index contributed by atoms with van der Waals surface area (Å²) in [5.74, 6) is -0.300. The van der Waals surface area contributed by atoms with E-state index in [4.69, 9.17) is 0 Å². The summed E-state index contributed by atoms with van der Waals surface area (Å²) < 4.78 is 0. The Morgan fingerprint density at radius 2 is 1.95 bits per heavy atom. The van der Waals surface area contributed by atoms with Crippen molar-refractivity contribution in [2.75, 3.05) is 6.54 Å². The van der Waals surface area contributed by atoms with Gasteiger partial charge in [0.25, 0.3) is 0 Å². The van der Waals surface area contributed by atoms with Gasteiger partial charge in [0.2, 0.25) is 0 Å². The van der Waals surface area contributed by atoms with Gasteiger partial charge in [-0.25, -0.2) is 9.59 Å². The second-order valence-electron chi connectivity index (χ2n) is 6.43. The second kappa shape index (κ2) is 7.66. The van der Waals surface area contributed by atoms with Gasteiger partial charge in [0.15, 0.2) is 0 Å². The molecule has 1 saturated carbocycles. The van der Waals surface area contributed by atoms with Crippen molar-refractivity contribution in [3.05, 3.63) is 0 Å². The number of aliphatic carboxylic acids is 1. The minimum absolute atomic E-state index is 0.171. The maximum absolute atomic E-state index is 12.5. The number of unbranched alkanes of at least 4 members (excludes halogenated alkanes) is 1.